The first-order valence-electron chi connectivity index (χ1n) is 11.5. The molecule has 1 aromatic heterocycles. The number of benzene rings is 4. The summed E-state index contributed by atoms with van der Waals surface area (Å²) in [6.45, 7) is 2.04. The predicted octanol–water partition coefficient (Wildman–Crippen LogP) is 6.93. The van der Waals surface area contributed by atoms with E-state index in [1.165, 1.54) is 0 Å². The molecule has 0 aliphatic heterocycles. The minimum absolute atomic E-state index is 0.269. The van der Waals surface area contributed by atoms with Crippen LogP contribution < -0.4 is 5.43 Å². The Morgan fingerprint density at radius 2 is 1.47 bits per heavy atom. The van der Waals surface area contributed by atoms with Gasteiger partial charge in [-0.15, -0.1) is 0 Å². The Balaban J connectivity index is 1.45. The highest BCUT2D eigenvalue weighted by molar-refractivity contribution is 6.30. The zero-order chi connectivity index (χ0) is 24.9. The summed E-state index contributed by atoms with van der Waals surface area (Å²) >= 11 is 5.92. The van der Waals surface area contributed by atoms with Gasteiger partial charge in [0, 0.05) is 10.6 Å². The van der Waals surface area contributed by atoms with E-state index in [-0.39, 0.29) is 5.69 Å². The second-order valence-corrected chi connectivity index (χ2v) is 8.79. The van der Waals surface area contributed by atoms with E-state index in [4.69, 9.17) is 11.6 Å². The molecule has 0 bridgehead atoms. The van der Waals surface area contributed by atoms with Crippen LogP contribution in [0.3, 0.4) is 0 Å². The van der Waals surface area contributed by atoms with E-state index in [0.717, 1.165) is 39.2 Å². The molecule has 5 aromatic rings. The number of aromatic nitrogens is 2. The van der Waals surface area contributed by atoms with Gasteiger partial charge in [-0.05, 0) is 53.9 Å². The topological polar surface area (TPSA) is 59.3 Å². The number of hydrogen-bond acceptors (Lipinski definition) is 3. The Hall–Kier alpha value is -4.48. The molecule has 0 fully saturated rings. The monoisotopic (exact) mass is 490 g/mol. The van der Waals surface area contributed by atoms with Gasteiger partial charge >= 0.3 is 0 Å². The van der Waals surface area contributed by atoms with Gasteiger partial charge in [-0.1, -0.05) is 96.0 Å². The van der Waals surface area contributed by atoms with Crippen LogP contribution >= 0.6 is 11.6 Å². The highest BCUT2D eigenvalue weighted by Gasteiger charge is 2.17. The van der Waals surface area contributed by atoms with Crippen LogP contribution in [0.4, 0.5) is 0 Å². The van der Waals surface area contributed by atoms with Crippen LogP contribution in [0.1, 0.15) is 21.6 Å². The highest BCUT2D eigenvalue weighted by atomic mass is 35.5. The van der Waals surface area contributed by atoms with Crippen molar-refractivity contribution in [1.82, 2.24) is 15.2 Å². The van der Waals surface area contributed by atoms with Gasteiger partial charge in [0.1, 0.15) is 0 Å². The molecule has 5 nitrogen and oxygen atoms in total. The molecule has 0 unspecified atom stereocenters. The summed E-state index contributed by atoms with van der Waals surface area (Å²) in [7, 11) is 0. The molecular weight excluding hydrogens is 468 g/mol. The number of rotatable bonds is 6. The molecule has 0 spiro atoms. The van der Waals surface area contributed by atoms with Crippen molar-refractivity contribution in [3.05, 3.63) is 131 Å². The van der Waals surface area contributed by atoms with Gasteiger partial charge in [-0.2, -0.15) is 10.2 Å². The Morgan fingerprint density at radius 1 is 0.833 bits per heavy atom. The molecule has 1 N–H and O–H groups in total. The normalized spacial score (nSPS) is 11.1. The van der Waals surface area contributed by atoms with Gasteiger partial charge in [0.25, 0.3) is 5.91 Å². The van der Waals surface area contributed by atoms with Crippen molar-refractivity contribution < 1.29 is 4.79 Å². The Bertz CT molecular complexity index is 1500. The molecule has 0 aliphatic carbocycles. The molecule has 0 saturated carbocycles. The lowest BCUT2D eigenvalue weighted by Crippen LogP contribution is -2.18. The molecule has 1 amide bonds. The molecule has 4 aromatic carbocycles. The minimum Gasteiger partial charge on any atom is -0.265 e. The fourth-order valence-electron chi connectivity index (χ4n) is 3.82. The van der Waals surface area contributed by atoms with Crippen molar-refractivity contribution in [3.8, 4) is 28.1 Å². The van der Waals surface area contributed by atoms with E-state index >= 15 is 0 Å². The standard InChI is InChI=1S/C30H23ClN4O/c1-21-7-17-27(18-8-21)35-29(25-13-11-24(12-14-25)23-5-3-2-4-6-23)19-28(34-35)30(36)33-32-20-22-9-15-26(31)16-10-22/h2-20H,1H3,(H,33,36)/b32-20-. The fraction of sp³-hybridized carbons (Fsp3) is 0.0333. The van der Waals surface area contributed by atoms with Gasteiger partial charge < -0.3 is 0 Å². The summed E-state index contributed by atoms with van der Waals surface area (Å²) < 4.78 is 1.79. The number of aryl methyl sites for hydroxylation is 1. The summed E-state index contributed by atoms with van der Waals surface area (Å²) in [5.41, 5.74) is 9.70. The van der Waals surface area contributed by atoms with E-state index in [0.29, 0.717) is 5.02 Å². The highest BCUT2D eigenvalue weighted by Crippen LogP contribution is 2.27. The summed E-state index contributed by atoms with van der Waals surface area (Å²) in [6, 6.07) is 35.4. The molecule has 1 heterocycles. The van der Waals surface area contributed by atoms with Crippen molar-refractivity contribution in [2.45, 2.75) is 6.92 Å². The van der Waals surface area contributed by atoms with E-state index in [1.54, 1.807) is 29.1 Å². The molecule has 5 rings (SSSR count). The van der Waals surface area contributed by atoms with E-state index in [1.807, 2.05) is 73.7 Å². The van der Waals surface area contributed by atoms with Crippen molar-refractivity contribution in [1.29, 1.82) is 0 Å². The van der Waals surface area contributed by atoms with Gasteiger partial charge in [-0.25, -0.2) is 10.1 Å². The van der Waals surface area contributed by atoms with Crippen LogP contribution in [0, 0.1) is 6.92 Å². The largest absolute Gasteiger partial charge is 0.291 e. The van der Waals surface area contributed by atoms with Crippen LogP contribution in [0.25, 0.3) is 28.1 Å². The van der Waals surface area contributed by atoms with Crippen molar-refractivity contribution in [2.24, 2.45) is 5.10 Å². The molecule has 0 radical (unpaired) electrons. The lowest BCUT2D eigenvalue weighted by molar-refractivity contribution is 0.0949. The van der Waals surface area contributed by atoms with Crippen LogP contribution in [0.2, 0.25) is 5.02 Å². The number of nitrogens with zero attached hydrogens (tertiary/aromatic N) is 3. The van der Waals surface area contributed by atoms with Gasteiger partial charge in [0.15, 0.2) is 5.69 Å². The number of carbonyl (C=O) groups is 1. The summed E-state index contributed by atoms with van der Waals surface area (Å²) in [5, 5.41) is 9.33. The Labute approximate surface area is 214 Å². The van der Waals surface area contributed by atoms with Crippen LogP contribution in [0.5, 0.6) is 0 Å². The second kappa shape index (κ2) is 10.4. The maximum atomic E-state index is 12.9. The SMILES string of the molecule is Cc1ccc(-n2nc(C(=O)N/N=C\c3ccc(Cl)cc3)cc2-c2ccc(-c3ccccc3)cc2)cc1. The number of nitrogens with one attached hydrogen (secondary N) is 1. The van der Waals surface area contributed by atoms with Crippen LogP contribution in [0.15, 0.2) is 114 Å². The number of hydrazone groups is 1. The molecule has 0 aliphatic rings. The minimum atomic E-state index is -0.395. The molecule has 0 saturated heterocycles. The third-order valence-electron chi connectivity index (χ3n) is 5.76. The smallest absolute Gasteiger partial charge is 0.265 e. The molecule has 0 atom stereocenters. The lowest BCUT2D eigenvalue weighted by Gasteiger charge is -2.09. The van der Waals surface area contributed by atoms with E-state index < -0.39 is 5.91 Å². The Kier molecular flexibility index (Phi) is 6.74. The van der Waals surface area contributed by atoms with Gasteiger partial charge in [-0.3, -0.25) is 4.79 Å². The number of amides is 1. The molecule has 6 heteroatoms. The quantitative estimate of drug-likeness (QED) is 0.207. The van der Waals surface area contributed by atoms with E-state index in [9.17, 15) is 4.79 Å². The maximum Gasteiger partial charge on any atom is 0.291 e. The zero-order valence-electron chi connectivity index (χ0n) is 19.6. The number of halogens is 1. The summed E-state index contributed by atoms with van der Waals surface area (Å²) in [5.74, 6) is -0.395. The average Bonchev–Trinajstić information content (AvgIpc) is 3.36. The van der Waals surface area contributed by atoms with Crippen molar-refractivity contribution in [3.63, 3.8) is 0 Å². The average molecular weight is 491 g/mol. The fourth-order valence-corrected chi connectivity index (χ4v) is 3.94. The van der Waals surface area contributed by atoms with Crippen LogP contribution in [-0.2, 0) is 0 Å². The van der Waals surface area contributed by atoms with Crippen LogP contribution in [-0.4, -0.2) is 21.9 Å². The first kappa shape index (κ1) is 23.3. The first-order chi connectivity index (χ1) is 17.6. The summed E-state index contributed by atoms with van der Waals surface area (Å²) in [6.07, 6.45) is 1.56. The number of carbonyl (C=O) groups excluding carboxylic acids is 1. The van der Waals surface area contributed by atoms with Crippen molar-refractivity contribution >= 4 is 23.7 Å². The van der Waals surface area contributed by atoms with E-state index in [2.05, 4.69) is 39.9 Å². The third kappa shape index (κ3) is 5.27. The second-order valence-electron chi connectivity index (χ2n) is 8.36. The Morgan fingerprint density at radius 3 is 2.17 bits per heavy atom. The first-order valence-corrected chi connectivity index (χ1v) is 11.9. The predicted molar refractivity (Wildman–Crippen MR) is 146 cm³/mol. The van der Waals surface area contributed by atoms with Crippen molar-refractivity contribution in [2.75, 3.05) is 0 Å². The molecule has 36 heavy (non-hydrogen) atoms. The maximum absolute atomic E-state index is 12.9. The van der Waals surface area contributed by atoms with Gasteiger partial charge in [0.05, 0.1) is 17.6 Å². The summed E-state index contributed by atoms with van der Waals surface area (Å²) in [4.78, 5) is 12.9. The van der Waals surface area contributed by atoms with Gasteiger partial charge in [0.2, 0.25) is 0 Å². The zero-order valence-corrected chi connectivity index (χ0v) is 20.4. The molecular formula is C30H23ClN4O. The molecule has 176 valence electrons. The number of hydrogen-bond donors (Lipinski definition) is 1. The lowest BCUT2D eigenvalue weighted by atomic mass is 10.0. The third-order valence-corrected chi connectivity index (χ3v) is 6.01.